The molecule has 3 aromatic rings. The summed E-state index contributed by atoms with van der Waals surface area (Å²) in [5, 5.41) is 0.448. The summed E-state index contributed by atoms with van der Waals surface area (Å²) >= 11 is 3.30. The summed E-state index contributed by atoms with van der Waals surface area (Å²) in [6.45, 7) is 0. The van der Waals surface area contributed by atoms with Crippen LogP contribution in [-0.4, -0.2) is 5.78 Å². The van der Waals surface area contributed by atoms with Gasteiger partial charge in [0.25, 0.3) is 0 Å². The molecule has 0 saturated heterocycles. The maximum atomic E-state index is 12.3. The number of ketones is 1. The lowest BCUT2D eigenvalue weighted by Gasteiger charge is -2.02. The van der Waals surface area contributed by atoms with Crippen molar-refractivity contribution < 1.29 is 9.21 Å². The van der Waals surface area contributed by atoms with Crippen LogP contribution in [0.2, 0.25) is 0 Å². The highest BCUT2D eigenvalue weighted by Gasteiger charge is 2.14. The Morgan fingerprint density at radius 2 is 1.75 bits per heavy atom. The molecular weight excluding hydrogens is 320 g/mol. The summed E-state index contributed by atoms with van der Waals surface area (Å²) in [4.78, 5) is 24.3. The molecule has 0 fully saturated rings. The first-order valence-electron chi connectivity index (χ1n) is 5.98. The van der Waals surface area contributed by atoms with Gasteiger partial charge in [-0.3, -0.25) is 9.59 Å². The lowest BCUT2D eigenvalue weighted by atomic mass is 10.1. The normalized spacial score (nSPS) is 10.7. The van der Waals surface area contributed by atoms with Crippen molar-refractivity contribution in [3.63, 3.8) is 0 Å². The highest BCUT2D eigenvalue weighted by atomic mass is 79.9. The summed E-state index contributed by atoms with van der Waals surface area (Å²) in [6, 6.07) is 15.1. The number of carbonyl (C=O) groups excluding carboxylic acids is 1. The molecule has 0 saturated carbocycles. The van der Waals surface area contributed by atoms with E-state index in [0.29, 0.717) is 16.5 Å². The van der Waals surface area contributed by atoms with E-state index in [1.165, 1.54) is 6.07 Å². The van der Waals surface area contributed by atoms with Gasteiger partial charge in [-0.1, -0.05) is 46.3 Å². The maximum Gasteiger partial charge on any atom is 0.228 e. The van der Waals surface area contributed by atoms with Gasteiger partial charge in [0.05, 0.1) is 5.39 Å². The fraction of sp³-hybridized carbons (Fsp3) is 0. The fourth-order valence-corrected chi connectivity index (χ4v) is 2.33. The third-order valence-electron chi connectivity index (χ3n) is 2.95. The third kappa shape index (κ3) is 2.30. The SMILES string of the molecule is O=C(c1ccccc1)c1cc(=O)c2cc(Br)ccc2o1. The van der Waals surface area contributed by atoms with E-state index < -0.39 is 0 Å². The monoisotopic (exact) mass is 328 g/mol. The number of halogens is 1. The van der Waals surface area contributed by atoms with Gasteiger partial charge in [-0.25, -0.2) is 0 Å². The Balaban J connectivity index is 2.16. The largest absolute Gasteiger partial charge is 0.452 e. The standard InChI is InChI=1S/C16H9BrO3/c17-11-6-7-14-12(8-11)13(18)9-15(20-14)16(19)10-4-2-1-3-5-10/h1-9H. The van der Waals surface area contributed by atoms with Crippen LogP contribution >= 0.6 is 15.9 Å². The molecular formula is C16H9BrO3. The molecule has 1 aromatic heterocycles. The lowest BCUT2D eigenvalue weighted by Crippen LogP contribution is -2.08. The molecule has 0 aliphatic heterocycles. The number of hydrogen-bond donors (Lipinski definition) is 0. The topological polar surface area (TPSA) is 47.3 Å². The number of benzene rings is 2. The summed E-state index contributed by atoms with van der Waals surface area (Å²) < 4.78 is 6.33. The van der Waals surface area contributed by atoms with Gasteiger partial charge in [0.15, 0.2) is 11.2 Å². The molecule has 0 bridgehead atoms. The van der Waals surface area contributed by atoms with E-state index in [4.69, 9.17) is 4.42 Å². The van der Waals surface area contributed by atoms with Gasteiger partial charge in [0, 0.05) is 16.1 Å². The average molecular weight is 329 g/mol. The van der Waals surface area contributed by atoms with E-state index in [0.717, 1.165) is 4.47 Å². The molecule has 0 N–H and O–H groups in total. The van der Waals surface area contributed by atoms with Gasteiger partial charge in [0.1, 0.15) is 5.58 Å². The van der Waals surface area contributed by atoms with Crippen LogP contribution in [0.25, 0.3) is 11.0 Å². The van der Waals surface area contributed by atoms with Crippen molar-refractivity contribution in [3.05, 3.63) is 80.6 Å². The first-order valence-corrected chi connectivity index (χ1v) is 6.77. The predicted octanol–water partition coefficient (Wildman–Crippen LogP) is 3.79. The molecule has 3 nitrogen and oxygen atoms in total. The van der Waals surface area contributed by atoms with Crippen LogP contribution in [0.3, 0.4) is 0 Å². The Hall–Kier alpha value is -2.20. The van der Waals surface area contributed by atoms with Gasteiger partial charge in [0.2, 0.25) is 5.78 Å². The van der Waals surface area contributed by atoms with E-state index in [9.17, 15) is 9.59 Å². The van der Waals surface area contributed by atoms with Crippen LogP contribution < -0.4 is 5.43 Å². The minimum atomic E-state index is -0.299. The zero-order valence-electron chi connectivity index (χ0n) is 10.3. The highest BCUT2D eigenvalue weighted by Crippen LogP contribution is 2.19. The van der Waals surface area contributed by atoms with Crippen molar-refractivity contribution in [2.24, 2.45) is 0 Å². The third-order valence-corrected chi connectivity index (χ3v) is 3.44. The van der Waals surface area contributed by atoms with E-state index in [1.54, 1.807) is 42.5 Å². The van der Waals surface area contributed by atoms with Crippen LogP contribution in [0.1, 0.15) is 16.1 Å². The Labute approximate surface area is 123 Å². The summed E-state index contributed by atoms with van der Waals surface area (Å²) in [5.74, 6) is -0.247. The molecule has 0 amide bonds. The lowest BCUT2D eigenvalue weighted by molar-refractivity contribution is 0.101. The molecule has 4 heteroatoms. The minimum Gasteiger partial charge on any atom is -0.452 e. The Bertz CT molecular complexity index is 850. The van der Waals surface area contributed by atoms with E-state index >= 15 is 0 Å². The molecule has 0 radical (unpaired) electrons. The number of hydrogen-bond acceptors (Lipinski definition) is 3. The Morgan fingerprint density at radius 3 is 2.50 bits per heavy atom. The molecule has 0 atom stereocenters. The zero-order valence-corrected chi connectivity index (χ0v) is 11.9. The first-order chi connectivity index (χ1) is 9.65. The van der Waals surface area contributed by atoms with E-state index in [2.05, 4.69) is 15.9 Å². The minimum absolute atomic E-state index is 0.0519. The number of carbonyl (C=O) groups is 1. The molecule has 0 spiro atoms. The van der Waals surface area contributed by atoms with Gasteiger partial charge in [-0.05, 0) is 18.2 Å². The number of rotatable bonds is 2. The van der Waals surface area contributed by atoms with Crippen molar-refractivity contribution in [2.75, 3.05) is 0 Å². The zero-order chi connectivity index (χ0) is 14.1. The molecule has 0 aliphatic rings. The molecule has 20 heavy (non-hydrogen) atoms. The number of fused-ring (bicyclic) bond motifs is 1. The quantitative estimate of drug-likeness (QED) is 0.672. The second-order valence-electron chi connectivity index (χ2n) is 4.31. The summed E-state index contributed by atoms with van der Waals surface area (Å²) in [6.07, 6.45) is 0. The average Bonchev–Trinajstić information content (AvgIpc) is 2.48. The second-order valence-corrected chi connectivity index (χ2v) is 5.23. The first kappa shape index (κ1) is 12.8. The molecule has 3 rings (SSSR count). The summed E-state index contributed by atoms with van der Waals surface area (Å²) in [7, 11) is 0. The van der Waals surface area contributed by atoms with Crippen LogP contribution in [0.5, 0.6) is 0 Å². The van der Waals surface area contributed by atoms with E-state index in [1.807, 2.05) is 6.07 Å². The van der Waals surface area contributed by atoms with Crippen molar-refractivity contribution in [1.82, 2.24) is 0 Å². The molecule has 0 aliphatic carbocycles. The van der Waals surface area contributed by atoms with Crippen molar-refractivity contribution in [2.45, 2.75) is 0 Å². The van der Waals surface area contributed by atoms with Crippen molar-refractivity contribution in [1.29, 1.82) is 0 Å². The van der Waals surface area contributed by atoms with Crippen LogP contribution in [0.15, 0.2) is 68.3 Å². The van der Waals surface area contributed by atoms with Crippen LogP contribution in [0, 0.1) is 0 Å². The Morgan fingerprint density at radius 1 is 1.00 bits per heavy atom. The van der Waals surface area contributed by atoms with Crippen molar-refractivity contribution in [3.8, 4) is 0 Å². The van der Waals surface area contributed by atoms with Crippen LogP contribution in [-0.2, 0) is 0 Å². The van der Waals surface area contributed by atoms with Gasteiger partial charge >= 0.3 is 0 Å². The molecule has 2 aromatic carbocycles. The predicted molar refractivity (Wildman–Crippen MR) is 80.1 cm³/mol. The van der Waals surface area contributed by atoms with Gasteiger partial charge in [-0.2, -0.15) is 0 Å². The van der Waals surface area contributed by atoms with Crippen LogP contribution in [0.4, 0.5) is 0 Å². The fourth-order valence-electron chi connectivity index (χ4n) is 1.97. The summed E-state index contributed by atoms with van der Waals surface area (Å²) in [5.41, 5.74) is 0.666. The molecule has 98 valence electrons. The molecule has 1 heterocycles. The van der Waals surface area contributed by atoms with Crippen molar-refractivity contribution >= 4 is 32.7 Å². The van der Waals surface area contributed by atoms with Gasteiger partial charge < -0.3 is 4.42 Å². The van der Waals surface area contributed by atoms with E-state index in [-0.39, 0.29) is 17.0 Å². The Kier molecular flexibility index (Phi) is 3.24. The highest BCUT2D eigenvalue weighted by molar-refractivity contribution is 9.10. The second kappa shape index (κ2) is 5.06. The smallest absolute Gasteiger partial charge is 0.228 e. The van der Waals surface area contributed by atoms with Gasteiger partial charge in [-0.15, -0.1) is 0 Å². The molecule has 0 unspecified atom stereocenters. The maximum absolute atomic E-state index is 12.3.